The Morgan fingerprint density at radius 2 is 2.23 bits per heavy atom. The van der Waals surface area contributed by atoms with Gasteiger partial charge >= 0.3 is 0 Å². The van der Waals surface area contributed by atoms with Gasteiger partial charge in [-0.1, -0.05) is 0 Å². The van der Waals surface area contributed by atoms with Crippen LogP contribution in [-0.2, 0) is 7.05 Å². The summed E-state index contributed by atoms with van der Waals surface area (Å²) in [5.74, 6) is 0.278. The number of aliphatic hydroxyl groups is 1. The normalized spacial score (nSPS) is 12.7. The number of nitrogens with one attached hydrogen (secondary N) is 3. The zero-order chi connectivity index (χ0) is 15.9. The zero-order valence-corrected chi connectivity index (χ0v) is 12.5. The Bertz CT molecular complexity index is 876. The lowest BCUT2D eigenvalue weighted by Gasteiger charge is -2.12. The summed E-state index contributed by atoms with van der Waals surface area (Å²) in [5, 5.41) is 24.4. The van der Waals surface area contributed by atoms with Crippen LogP contribution in [0, 0.1) is 13.8 Å². The molecule has 9 heteroatoms. The minimum atomic E-state index is -0.753. The third kappa shape index (κ3) is 2.35. The monoisotopic (exact) mass is 303 g/mol. The maximum absolute atomic E-state index is 11.8. The molecule has 9 nitrogen and oxygen atoms in total. The van der Waals surface area contributed by atoms with Crippen LogP contribution in [-0.4, -0.2) is 41.6 Å². The van der Waals surface area contributed by atoms with E-state index in [1.165, 1.54) is 6.20 Å². The van der Waals surface area contributed by atoms with E-state index in [2.05, 4.69) is 30.6 Å². The fourth-order valence-corrected chi connectivity index (χ4v) is 2.50. The molecule has 3 aromatic rings. The molecule has 1 unspecified atom stereocenters. The van der Waals surface area contributed by atoms with Crippen LogP contribution < -0.4 is 10.9 Å². The predicted octanol–water partition coefficient (Wildman–Crippen LogP) is 0.142. The largest absolute Gasteiger partial charge is 0.386 e. The first-order valence-corrected chi connectivity index (χ1v) is 6.82. The third-order valence-electron chi connectivity index (χ3n) is 3.68. The molecule has 4 N–H and O–H groups in total. The van der Waals surface area contributed by atoms with Crippen LogP contribution in [0.3, 0.4) is 0 Å². The number of rotatable bonds is 4. The summed E-state index contributed by atoms with van der Waals surface area (Å²) in [5.41, 5.74) is 2.57. The van der Waals surface area contributed by atoms with Crippen molar-refractivity contribution in [2.45, 2.75) is 20.0 Å². The lowest BCUT2D eigenvalue weighted by Crippen LogP contribution is -2.18. The van der Waals surface area contributed by atoms with Crippen molar-refractivity contribution in [3.8, 4) is 0 Å². The molecule has 0 amide bonds. The molecule has 1 atom stereocenters. The molecule has 0 aliphatic heterocycles. The predicted molar refractivity (Wildman–Crippen MR) is 80.6 cm³/mol. The van der Waals surface area contributed by atoms with Crippen LogP contribution in [0.4, 0.5) is 5.95 Å². The number of aliphatic hydroxyl groups excluding tert-OH is 1. The van der Waals surface area contributed by atoms with Crippen molar-refractivity contribution in [1.82, 2.24) is 29.9 Å². The highest BCUT2D eigenvalue weighted by molar-refractivity contribution is 5.73. The van der Waals surface area contributed by atoms with Gasteiger partial charge in [0, 0.05) is 24.8 Å². The Kier molecular flexibility index (Phi) is 3.41. The molecule has 3 rings (SSSR count). The second-order valence-electron chi connectivity index (χ2n) is 5.15. The Morgan fingerprint density at radius 1 is 1.45 bits per heavy atom. The van der Waals surface area contributed by atoms with Gasteiger partial charge in [0.15, 0.2) is 5.65 Å². The summed E-state index contributed by atoms with van der Waals surface area (Å²) < 4.78 is 1.73. The van der Waals surface area contributed by atoms with Crippen molar-refractivity contribution in [1.29, 1.82) is 0 Å². The second-order valence-corrected chi connectivity index (χ2v) is 5.15. The Morgan fingerprint density at radius 3 is 2.91 bits per heavy atom. The van der Waals surface area contributed by atoms with Crippen molar-refractivity contribution in [2.75, 3.05) is 11.9 Å². The van der Waals surface area contributed by atoms with E-state index in [1.54, 1.807) is 4.68 Å². The molecule has 0 radical (unpaired) electrons. The minimum absolute atomic E-state index is 0.204. The minimum Gasteiger partial charge on any atom is -0.386 e. The van der Waals surface area contributed by atoms with E-state index in [4.69, 9.17) is 0 Å². The lowest BCUT2D eigenvalue weighted by atomic mass is 10.1. The fourth-order valence-electron chi connectivity index (χ4n) is 2.50. The first kappa shape index (κ1) is 14.3. The average Bonchev–Trinajstić information content (AvgIpc) is 3.02. The van der Waals surface area contributed by atoms with Gasteiger partial charge in [-0.25, -0.2) is 0 Å². The lowest BCUT2D eigenvalue weighted by molar-refractivity contribution is 0.190. The number of nitrogens with zero attached hydrogens (tertiary/aromatic N) is 4. The van der Waals surface area contributed by atoms with Crippen molar-refractivity contribution >= 4 is 17.0 Å². The van der Waals surface area contributed by atoms with Crippen LogP contribution in [0.5, 0.6) is 0 Å². The van der Waals surface area contributed by atoms with E-state index in [9.17, 15) is 9.90 Å². The Balaban J connectivity index is 1.80. The molecule has 0 fully saturated rings. The maximum Gasteiger partial charge on any atom is 0.263 e. The zero-order valence-electron chi connectivity index (χ0n) is 12.5. The summed E-state index contributed by atoms with van der Waals surface area (Å²) in [7, 11) is 1.83. The number of fused-ring (bicyclic) bond motifs is 1. The molecule has 0 saturated heterocycles. The molecular weight excluding hydrogens is 286 g/mol. The highest BCUT2D eigenvalue weighted by Crippen LogP contribution is 2.21. The first-order valence-electron chi connectivity index (χ1n) is 6.82. The maximum atomic E-state index is 11.8. The van der Waals surface area contributed by atoms with Crippen LogP contribution >= 0.6 is 0 Å². The summed E-state index contributed by atoms with van der Waals surface area (Å²) in [6.45, 7) is 3.95. The molecule has 0 saturated carbocycles. The smallest absolute Gasteiger partial charge is 0.263 e. The van der Waals surface area contributed by atoms with Crippen LogP contribution in [0.15, 0.2) is 11.0 Å². The molecule has 0 spiro atoms. The summed E-state index contributed by atoms with van der Waals surface area (Å²) in [4.78, 5) is 18.6. The average molecular weight is 303 g/mol. The standard InChI is InChI=1S/C13H17N7O2/c1-6-10(7(2)20(3)19-6)9(21)5-14-13-16-11-8(4-15-18-11)12(22)17-13/h4,9,21H,5H2,1-3H3,(H3,14,15,16,17,18,22). The molecule has 0 aromatic carbocycles. The van der Waals surface area contributed by atoms with Crippen LogP contribution in [0.2, 0.25) is 0 Å². The van der Waals surface area contributed by atoms with Crippen molar-refractivity contribution in [3.05, 3.63) is 33.5 Å². The molecule has 3 aromatic heterocycles. The van der Waals surface area contributed by atoms with E-state index in [1.807, 2.05) is 20.9 Å². The summed E-state index contributed by atoms with van der Waals surface area (Å²) in [6.07, 6.45) is 0.666. The van der Waals surface area contributed by atoms with Crippen molar-refractivity contribution in [3.63, 3.8) is 0 Å². The van der Waals surface area contributed by atoms with E-state index in [0.29, 0.717) is 11.0 Å². The van der Waals surface area contributed by atoms with Crippen LogP contribution in [0.1, 0.15) is 23.1 Å². The van der Waals surface area contributed by atoms with Gasteiger partial charge in [0.2, 0.25) is 5.95 Å². The van der Waals surface area contributed by atoms with E-state index in [-0.39, 0.29) is 18.1 Å². The number of anilines is 1. The van der Waals surface area contributed by atoms with E-state index >= 15 is 0 Å². The van der Waals surface area contributed by atoms with Crippen molar-refractivity contribution < 1.29 is 5.11 Å². The molecule has 116 valence electrons. The number of aromatic amines is 2. The topological polar surface area (TPSA) is 125 Å². The number of hydrogen-bond donors (Lipinski definition) is 4. The van der Waals surface area contributed by atoms with Gasteiger partial charge in [0.05, 0.1) is 18.0 Å². The fraction of sp³-hybridized carbons (Fsp3) is 0.385. The highest BCUT2D eigenvalue weighted by Gasteiger charge is 2.18. The molecule has 0 aliphatic carbocycles. The molecule has 0 bridgehead atoms. The van der Waals surface area contributed by atoms with Crippen molar-refractivity contribution in [2.24, 2.45) is 7.05 Å². The van der Waals surface area contributed by atoms with Gasteiger partial charge in [-0.15, -0.1) is 0 Å². The molecule has 22 heavy (non-hydrogen) atoms. The first-order chi connectivity index (χ1) is 10.5. The van der Waals surface area contributed by atoms with E-state index in [0.717, 1.165) is 17.0 Å². The number of aryl methyl sites for hydroxylation is 2. The quantitative estimate of drug-likeness (QED) is 0.543. The van der Waals surface area contributed by atoms with Gasteiger partial charge in [0.1, 0.15) is 5.39 Å². The van der Waals surface area contributed by atoms with Crippen LogP contribution in [0.25, 0.3) is 11.0 Å². The summed E-state index contributed by atoms with van der Waals surface area (Å²) in [6, 6.07) is 0. The Hall–Kier alpha value is -2.68. The third-order valence-corrected chi connectivity index (χ3v) is 3.68. The Labute approximate surface area is 125 Å². The van der Waals surface area contributed by atoms with Gasteiger partial charge in [-0.2, -0.15) is 15.2 Å². The highest BCUT2D eigenvalue weighted by atomic mass is 16.3. The van der Waals surface area contributed by atoms with Gasteiger partial charge in [0.25, 0.3) is 5.56 Å². The summed E-state index contributed by atoms with van der Waals surface area (Å²) >= 11 is 0. The number of hydrogen-bond acceptors (Lipinski definition) is 6. The van der Waals surface area contributed by atoms with Gasteiger partial charge < -0.3 is 10.4 Å². The van der Waals surface area contributed by atoms with Gasteiger partial charge in [-0.05, 0) is 13.8 Å². The van der Waals surface area contributed by atoms with Gasteiger partial charge in [-0.3, -0.25) is 19.6 Å². The number of aromatic nitrogens is 6. The molecule has 0 aliphatic rings. The molecular formula is C13H17N7O2. The van der Waals surface area contributed by atoms with E-state index < -0.39 is 6.10 Å². The second kappa shape index (κ2) is 5.26. The number of H-pyrrole nitrogens is 2. The SMILES string of the molecule is Cc1nn(C)c(C)c1C(O)CNc1nc2[nH]ncc2c(=O)[nH]1. The molecule has 3 heterocycles.